The maximum atomic E-state index is 5.17. The Balaban J connectivity index is 2.23. The Morgan fingerprint density at radius 2 is 2.21 bits per heavy atom. The molecule has 0 aliphatic rings. The number of hydrogen-bond donors (Lipinski definition) is 1. The number of hydrogen-bond acceptors (Lipinski definition) is 4. The Hall–Kier alpha value is -0.970. The SMILES string of the molecule is CCC(C)N(CCNCc1ccccn1)CCOC. The second-order valence-corrected chi connectivity index (χ2v) is 4.78. The molecule has 4 heteroatoms. The monoisotopic (exact) mass is 265 g/mol. The molecule has 1 heterocycles. The molecule has 1 N–H and O–H groups in total. The lowest BCUT2D eigenvalue weighted by molar-refractivity contribution is 0.123. The van der Waals surface area contributed by atoms with Crippen molar-refractivity contribution in [3.8, 4) is 0 Å². The van der Waals surface area contributed by atoms with Crippen LogP contribution in [-0.4, -0.2) is 49.3 Å². The predicted octanol–water partition coefficient (Wildman–Crippen LogP) is 1.92. The summed E-state index contributed by atoms with van der Waals surface area (Å²) in [4.78, 5) is 6.77. The quantitative estimate of drug-likeness (QED) is 0.656. The van der Waals surface area contributed by atoms with Crippen molar-refractivity contribution >= 4 is 0 Å². The van der Waals surface area contributed by atoms with E-state index in [1.807, 2.05) is 24.4 Å². The molecule has 0 spiro atoms. The summed E-state index contributed by atoms with van der Waals surface area (Å²) in [6.45, 7) is 9.15. The number of nitrogens with one attached hydrogen (secondary N) is 1. The van der Waals surface area contributed by atoms with Crippen LogP contribution in [0.1, 0.15) is 26.0 Å². The summed E-state index contributed by atoms with van der Waals surface area (Å²) in [5.74, 6) is 0. The average molecular weight is 265 g/mol. The highest BCUT2D eigenvalue weighted by atomic mass is 16.5. The van der Waals surface area contributed by atoms with Crippen LogP contribution in [0.2, 0.25) is 0 Å². The molecular weight excluding hydrogens is 238 g/mol. The number of nitrogens with zero attached hydrogens (tertiary/aromatic N) is 2. The molecular formula is C15H27N3O. The Morgan fingerprint density at radius 1 is 1.37 bits per heavy atom. The number of rotatable bonds is 10. The molecule has 0 aromatic carbocycles. The van der Waals surface area contributed by atoms with Crippen molar-refractivity contribution in [2.24, 2.45) is 0 Å². The highest BCUT2D eigenvalue weighted by Crippen LogP contribution is 2.02. The summed E-state index contributed by atoms with van der Waals surface area (Å²) in [7, 11) is 1.76. The van der Waals surface area contributed by atoms with Crippen molar-refractivity contribution in [2.75, 3.05) is 33.4 Å². The molecule has 0 aliphatic carbocycles. The van der Waals surface area contributed by atoms with E-state index < -0.39 is 0 Å². The first-order valence-corrected chi connectivity index (χ1v) is 7.11. The van der Waals surface area contributed by atoms with Gasteiger partial charge in [-0.3, -0.25) is 9.88 Å². The molecule has 0 saturated carbocycles. The number of ether oxygens (including phenoxy) is 1. The lowest BCUT2D eigenvalue weighted by Crippen LogP contribution is -2.40. The first kappa shape index (κ1) is 16.1. The summed E-state index contributed by atoms with van der Waals surface area (Å²) in [6, 6.07) is 6.61. The van der Waals surface area contributed by atoms with E-state index in [2.05, 4.69) is 29.0 Å². The van der Waals surface area contributed by atoms with Crippen LogP contribution in [0.3, 0.4) is 0 Å². The van der Waals surface area contributed by atoms with E-state index in [1.165, 1.54) is 6.42 Å². The summed E-state index contributed by atoms with van der Waals surface area (Å²) in [6.07, 6.45) is 3.00. The molecule has 0 saturated heterocycles. The number of aromatic nitrogens is 1. The Morgan fingerprint density at radius 3 is 2.84 bits per heavy atom. The first-order valence-electron chi connectivity index (χ1n) is 7.11. The van der Waals surface area contributed by atoms with E-state index in [4.69, 9.17) is 4.74 Å². The van der Waals surface area contributed by atoms with Gasteiger partial charge in [-0.05, 0) is 25.5 Å². The second kappa shape index (κ2) is 9.89. The highest BCUT2D eigenvalue weighted by molar-refractivity contribution is 5.02. The van der Waals surface area contributed by atoms with Gasteiger partial charge in [0.2, 0.25) is 0 Å². The third-order valence-electron chi connectivity index (χ3n) is 3.40. The van der Waals surface area contributed by atoms with Gasteiger partial charge >= 0.3 is 0 Å². The van der Waals surface area contributed by atoms with Gasteiger partial charge in [-0.1, -0.05) is 13.0 Å². The van der Waals surface area contributed by atoms with E-state index in [1.54, 1.807) is 7.11 Å². The molecule has 19 heavy (non-hydrogen) atoms. The van der Waals surface area contributed by atoms with E-state index in [-0.39, 0.29) is 0 Å². The number of pyridine rings is 1. The lowest BCUT2D eigenvalue weighted by Gasteiger charge is -2.28. The van der Waals surface area contributed by atoms with Crippen molar-refractivity contribution in [1.29, 1.82) is 0 Å². The van der Waals surface area contributed by atoms with Crippen LogP contribution >= 0.6 is 0 Å². The Kier molecular flexibility index (Phi) is 8.38. The molecule has 1 rings (SSSR count). The average Bonchev–Trinajstić information content (AvgIpc) is 2.47. The van der Waals surface area contributed by atoms with Gasteiger partial charge in [0.05, 0.1) is 12.3 Å². The topological polar surface area (TPSA) is 37.4 Å². The summed E-state index contributed by atoms with van der Waals surface area (Å²) < 4.78 is 5.17. The smallest absolute Gasteiger partial charge is 0.0589 e. The van der Waals surface area contributed by atoms with Crippen LogP contribution in [0.5, 0.6) is 0 Å². The van der Waals surface area contributed by atoms with Gasteiger partial charge in [-0.2, -0.15) is 0 Å². The molecule has 1 atom stereocenters. The van der Waals surface area contributed by atoms with Crippen LogP contribution in [0.15, 0.2) is 24.4 Å². The molecule has 108 valence electrons. The predicted molar refractivity (Wildman–Crippen MR) is 79.1 cm³/mol. The minimum Gasteiger partial charge on any atom is -0.383 e. The Bertz CT molecular complexity index is 318. The fourth-order valence-electron chi connectivity index (χ4n) is 1.96. The zero-order valence-corrected chi connectivity index (χ0v) is 12.4. The molecule has 4 nitrogen and oxygen atoms in total. The summed E-state index contributed by atoms with van der Waals surface area (Å²) >= 11 is 0. The first-order chi connectivity index (χ1) is 9.27. The summed E-state index contributed by atoms with van der Waals surface area (Å²) in [5.41, 5.74) is 1.09. The van der Waals surface area contributed by atoms with Gasteiger partial charge in [0, 0.05) is 45.5 Å². The highest BCUT2D eigenvalue weighted by Gasteiger charge is 2.10. The van der Waals surface area contributed by atoms with E-state index in [9.17, 15) is 0 Å². The van der Waals surface area contributed by atoms with Gasteiger partial charge in [0.25, 0.3) is 0 Å². The maximum Gasteiger partial charge on any atom is 0.0589 e. The van der Waals surface area contributed by atoms with Crippen molar-refractivity contribution in [1.82, 2.24) is 15.2 Å². The molecule has 0 aliphatic heterocycles. The maximum absolute atomic E-state index is 5.17. The largest absolute Gasteiger partial charge is 0.383 e. The van der Waals surface area contributed by atoms with Crippen LogP contribution in [0.25, 0.3) is 0 Å². The van der Waals surface area contributed by atoms with E-state index in [0.717, 1.165) is 38.5 Å². The standard InChI is InChI=1S/C15H27N3O/c1-4-14(2)18(11-12-19-3)10-9-16-13-15-7-5-6-8-17-15/h5-8,14,16H,4,9-13H2,1-3H3. The molecule has 1 aromatic heterocycles. The van der Waals surface area contributed by atoms with Gasteiger partial charge in [-0.15, -0.1) is 0 Å². The van der Waals surface area contributed by atoms with Gasteiger partial charge < -0.3 is 10.1 Å². The van der Waals surface area contributed by atoms with Crippen LogP contribution in [-0.2, 0) is 11.3 Å². The van der Waals surface area contributed by atoms with Crippen molar-refractivity contribution < 1.29 is 4.74 Å². The lowest BCUT2D eigenvalue weighted by atomic mass is 10.2. The molecule has 0 amide bonds. The molecule has 0 fully saturated rings. The minimum absolute atomic E-state index is 0.604. The third kappa shape index (κ3) is 6.66. The normalized spacial score (nSPS) is 12.8. The fraction of sp³-hybridized carbons (Fsp3) is 0.667. The second-order valence-electron chi connectivity index (χ2n) is 4.78. The van der Waals surface area contributed by atoms with Crippen molar-refractivity contribution in [3.05, 3.63) is 30.1 Å². The summed E-state index contributed by atoms with van der Waals surface area (Å²) in [5, 5.41) is 3.44. The van der Waals surface area contributed by atoms with Crippen LogP contribution in [0, 0.1) is 0 Å². The molecule has 1 aromatic rings. The van der Waals surface area contributed by atoms with Crippen LogP contribution < -0.4 is 5.32 Å². The molecule has 0 radical (unpaired) electrons. The van der Waals surface area contributed by atoms with Gasteiger partial charge in [0.1, 0.15) is 0 Å². The number of methoxy groups -OCH3 is 1. The zero-order valence-electron chi connectivity index (χ0n) is 12.4. The van der Waals surface area contributed by atoms with Crippen molar-refractivity contribution in [3.63, 3.8) is 0 Å². The fourth-order valence-corrected chi connectivity index (χ4v) is 1.96. The van der Waals surface area contributed by atoms with Gasteiger partial charge in [0.15, 0.2) is 0 Å². The Labute approximate surface area is 117 Å². The van der Waals surface area contributed by atoms with E-state index in [0.29, 0.717) is 6.04 Å². The zero-order chi connectivity index (χ0) is 13.9. The third-order valence-corrected chi connectivity index (χ3v) is 3.40. The van der Waals surface area contributed by atoms with E-state index >= 15 is 0 Å². The van der Waals surface area contributed by atoms with Gasteiger partial charge in [-0.25, -0.2) is 0 Å². The minimum atomic E-state index is 0.604. The molecule has 0 bridgehead atoms. The molecule has 1 unspecified atom stereocenters. The van der Waals surface area contributed by atoms with Crippen molar-refractivity contribution in [2.45, 2.75) is 32.9 Å². The van der Waals surface area contributed by atoms with Crippen LogP contribution in [0.4, 0.5) is 0 Å².